The van der Waals surface area contributed by atoms with Crippen LogP contribution in [0.15, 0.2) is 48.7 Å². The minimum atomic E-state index is 0.377. The number of nitrogens with one attached hydrogen (secondary N) is 1. The minimum absolute atomic E-state index is 0.377. The van der Waals surface area contributed by atoms with Crippen molar-refractivity contribution in [2.45, 2.75) is 12.3 Å². The molecule has 5 rings (SSSR count). The number of fused-ring (bicyclic) bond motifs is 1. The zero-order valence-corrected chi connectivity index (χ0v) is 16.0. The molecule has 4 heterocycles. The molecule has 0 saturated carbocycles. The van der Waals surface area contributed by atoms with Crippen LogP contribution in [0.2, 0.25) is 0 Å². The Labute approximate surface area is 163 Å². The Morgan fingerprint density at radius 3 is 2.75 bits per heavy atom. The third-order valence-electron chi connectivity index (χ3n) is 5.31. The van der Waals surface area contributed by atoms with Crippen molar-refractivity contribution in [3.63, 3.8) is 0 Å². The van der Waals surface area contributed by atoms with Gasteiger partial charge >= 0.3 is 0 Å². The number of hydrogen-bond acceptors (Lipinski definition) is 5. The molecule has 7 heteroatoms. The van der Waals surface area contributed by atoms with Gasteiger partial charge in [0.05, 0.1) is 18.5 Å². The SMILES string of the molecule is Cn1nc(-c2ccccc2)cc1Nc1cc([C@H]2CCOC2)c2cnn(C)c2n1. The summed E-state index contributed by atoms with van der Waals surface area (Å²) in [5, 5.41) is 13.6. The Hall–Kier alpha value is -3.19. The molecule has 1 aromatic carbocycles. The summed E-state index contributed by atoms with van der Waals surface area (Å²) < 4.78 is 9.28. The maximum Gasteiger partial charge on any atom is 0.160 e. The standard InChI is InChI=1S/C21H22N6O/c1-26-20(11-18(25-26)14-6-4-3-5-7-14)23-19-10-16(15-8-9-28-13-15)17-12-22-27(2)21(17)24-19/h3-7,10-12,15H,8-9,13H2,1-2H3,(H,23,24)/t15-/m0/s1. The fourth-order valence-electron chi connectivity index (χ4n) is 3.79. The number of pyridine rings is 1. The van der Waals surface area contributed by atoms with Gasteiger partial charge in [-0.1, -0.05) is 30.3 Å². The number of anilines is 2. The second-order valence-electron chi connectivity index (χ2n) is 7.19. The number of ether oxygens (including phenoxy) is 1. The summed E-state index contributed by atoms with van der Waals surface area (Å²) in [4.78, 5) is 4.79. The number of benzene rings is 1. The van der Waals surface area contributed by atoms with E-state index in [-0.39, 0.29) is 0 Å². The fourth-order valence-corrected chi connectivity index (χ4v) is 3.79. The van der Waals surface area contributed by atoms with Crippen LogP contribution in [0, 0.1) is 0 Å². The van der Waals surface area contributed by atoms with E-state index < -0.39 is 0 Å². The number of aryl methyl sites for hydroxylation is 2. The average Bonchev–Trinajstić information content (AvgIpc) is 3.45. The van der Waals surface area contributed by atoms with E-state index in [4.69, 9.17) is 9.72 Å². The van der Waals surface area contributed by atoms with Crippen molar-refractivity contribution >= 4 is 22.7 Å². The largest absolute Gasteiger partial charge is 0.381 e. The van der Waals surface area contributed by atoms with E-state index in [2.05, 4.69) is 33.7 Å². The van der Waals surface area contributed by atoms with Crippen LogP contribution < -0.4 is 5.32 Å². The molecule has 0 bridgehead atoms. The summed E-state index contributed by atoms with van der Waals surface area (Å²) >= 11 is 0. The molecule has 1 aliphatic heterocycles. The molecule has 0 unspecified atom stereocenters. The number of rotatable bonds is 4. The van der Waals surface area contributed by atoms with Crippen molar-refractivity contribution in [3.05, 3.63) is 54.2 Å². The predicted octanol–water partition coefficient (Wildman–Crippen LogP) is 3.62. The molecule has 3 aromatic heterocycles. The Morgan fingerprint density at radius 2 is 1.96 bits per heavy atom. The average molecular weight is 374 g/mol. The van der Waals surface area contributed by atoms with E-state index in [9.17, 15) is 0 Å². The second kappa shape index (κ2) is 6.76. The number of aromatic nitrogens is 5. The van der Waals surface area contributed by atoms with Crippen molar-refractivity contribution in [1.29, 1.82) is 0 Å². The first kappa shape index (κ1) is 16.9. The first-order valence-corrected chi connectivity index (χ1v) is 9.46. The van der Waals surface area contributed by atoms with Crippen LogP contribution in [0.1, 0.15) is 17.9 Å². The second-order valence-corrected chi connectivity index (χ2v) is 7.19. The zero-order valence-electron chi connectivity index (χ0n) is 16.0. The van der Waals surface area contributed by atoms with E-state index in [1.54, 1.807) is 0 Å². The molecule has 142 valence electrons. The molecule has 7 nitrogen and oxygen atoms in total. The van der Waals surface area contributed by atoms with E-state index in [0.717, 1.165) is 53.6 Å². The van der Waals surface area contributed by atoms with Crippen molar-refractivity contribution in [3.8, 4) is 11.3 Å². The lowest BCUT2D eigenvalue weighted by atomic mass is 9.97. The van der Waals surface area contributed by atoms with Crippen molar-refractivity contribution in [2.75, 3.05) is 18.5 Å². The van der Waals surface area contributed by atoms with Gasteiger partial charge < -0.3 is 10.1 Å². The summed E-state index contributed by atoms with van der Waals surface area (Å²) in [7, 11) is 3.86. The lowest BCUT2D eigenvalue weighted by Gasteiger charge is -2.13. The molecule has 0 amide bonds. The van der Waals surface area contributed by atoms with Crippen molar-refractivity contribution < 1.29 is 4.74 Å². The van der Waals surface area contributed by atoms with Crippen LogP contribution in [-0.4, -0.2) is 37.8 Å². The molecule has 28 heavy (non-hydrogen) atoms. The van der Waals surface area contributed by atoms with Crippen LogP contribution >= 0.6 is 0 Å². The highest BCUT2D eigenvalue weighted by Gasteiger charge is 2.22. The molecule has 0 spiro atoms. The number of hydrogen-bond donors (Lipinski definition) is 1. The van der Waals surface area contributed by atoms with Crippen molar-refractivity contribution in [1.82, 2.24) is 24.5 Å². The van der Waals surface area contributed by atoms with Crippen molar-refractivity contribution in [2.24, 2.45) is 14.1 Å². The summed E-state index contributed by atoms with van der Waals surface area (Å²) in [5.41, 5.74) is 4.13. The summed E-state index contributed by atoms with van der Waals surface area (Å²) in [6, 6.07) is 14.3. The van der Waals surface area contributed by atoms with E-state index in [0.29, 0.717) is 5.92 Å². The van der Waals surface area contributed by atoms with Gasteiger partial charge in [0.2, 0.25) is 0 Å². The molecule has 4 aromatic rings. The Morgan fingerprint density at radius 1 is 1.11 bits per heavy atom. The summed E-state index contributed by atoms with van der Waals surface area (Å²) in [6.45, 7) is 1.55. The van der Waals surface area contributed by atoms with E-state index in [1.165, 1.54) is 5.56 Å². The normalized spacial score (nSPS) is 16.7. The van der Waals surface area contributed by atoms with Crippen LogP contribution in [0.25, 0.3) is 22.3 Å². The highest BCUT2D eigenvalue weighted by molar-refractivity contribution is 5.82. The molecule has 1 fully saturated rings. The smallest absolute Gasteiger partial charge is 0.160 e. The summed E-state index contributed by atoms with van der Waals surface area (Å²) in [5.74, 6) is 2.06. The molecule has 1 N–H and O–H groups in total. The quantitative estimate of drug-likeness (QED) is 0.591. The molecule has 0 aliphatic carbocycles. The van der Waals surface area contributed by atoms with Gasteiger partial charge in [0.15, 0.2) is 5.65 Å². The molecular formula is C21H22N6O. The van der Waals surface area contributed by atoms with E-state index >= 15 is 0 Å². The Bertz CT molecular complexity index is 1120. The van der Waals surface area contributed by atoms with Gasteiger partial charge in [0.25, 0.3) is 0 Å². The minimum Gasteiger partial charge on any atom is -0.381 e. The fraction of sp³-hybridized carbons (Fsp3) is 0.286. The van der Waals surface area contributed by atoms with Gasteiger partial charge in [-0.2, -0.15) is 10.2 Å². The van der Waals surface area contributed by atoms with Gasteiger partial charge in [-0.15, -0.1) is 0 Å². The van der Waals surface area contributed by atoms with Crippen LogP contribution in [0.5, 0.6) is 0 Å². The third-order valence-corrected chi connectivity index (χ3v) is 5.31. The Kier molecular flexibility index (Phi) is 4.09. The number of nitrogens with zero attached hydrogens (tertiary/aromatic N) is 5. The lowest BCUT2D eigenvalue weighted by Crippen LogP contribution is -2.05. The van der Waals surface area contributed by atoms with Crippen LogP contribution in [0.3, 0.4) is 0 Å². The van der Waals surface area contributed by atoms with Gasteiger partial charge in [-0.25, -0.2) is 4.98 Å². The monoisotopic (exact) mass is 374 g/mol. The highest BCUT2D eigenvalue weighted by Crippen LogP contribution is 2.33. The zero-order chi connectivity index (χ0) is 19.1. The molecule has 1 saturated heterocycles. The van der Waals surface area contributed by atoms with Gasteiger partial charge in [-0.3, -0.25) is 9.36 Å². The van der Waals surface area contributed by atoms with Gasteiger partial charge in [-0.05, 0) is 18.1 Å². The predicted molar refractivity (Wildman–Crippen MR) is 109 cm³/mol. The molecule has 1 atom stereocenters. The van der Waals surface area contributed by atoms with Crippen LogP contribution in [0.4, 0.5) is 11.6 Å². The first-order chi connectivity index (χ1) is 13.7. The molecular weight excluding hydrogens is 352 g/mol. The molecule has 1 aliphatic rings. The maximum atomic E-state index is 5.61. The van der Waals surface area contributed by atoms with Gasteiger partial charge in [0, 0.05) is 43.6 Å². The molecule has 0 radical (unpaired) electrons. The lowest BCUT2D eigenvalue weighted by molar-refractivity contribution is 0.194. The maximum absolute atomic E-state index is 5.61. The highest BCUT2D eigenvalue weighted by atomic mass is 16.5. The van der Waals surface area contributed by atoms with Gasteiger partial charge in [0.1, 0.15) is 11.6 Å². The summed E-state index contributed by atoms with van der Waals surface area (Å²) in [6.07, 6.45) is 2.93. The third kappa shape index (κ3) is 2.93. The Balaban J connectivity index is 1.53. The first-order valence-electron chi connectivity index (χ1n) is 9.46. The van der Waals surface area contributed by atoms with E-state index in [1.807, 2.05) is 53.9 Å². The van der Waals surface area contributed by atoms with Crippen LogP contribution in [-0.2, 0) is 18.8 Å². The topological polar surface area (TPSA) is 69.8 Å².